The van der Waals surface area contributed by atoms with Gasteiger partial charge in [-0.2, -0.15) is 0 Å². The molecule has 0 saturated heterocycles. The Kier molecular flexibility index (Phi) is 9.00. The van der Waals surface area contributed by atoms with E-state index in [2.05, 4.69) is 177 Å². The molecule has 264 valence electrons. The summed E-state index contributed by atoms with van der Waals surface area (Å²) in [5.41, 5.74) is 24.2. The van der Waals surface area contributed by atoms with Crippen LogP contribution in [0.1, 0.15) is 6.92 Å². The second kappa shape index (κ2) is 13.7. The number of phenols is 1. The zero-order chi connectivity index (χ0) is 41.2. The van der Waals surface area contributed by atoms with Gasteiger partial charge in [-0.3, -0.25) is 0 Å². The summed E-state index contributed by atoms with van der Waals surface area (Å²) >= 11 is 0. The average molecular weight is 731 g/mol. The second-order valence-corrected chi connectivity index (χ2v) is 17.0. The van der Waals surface area contributed by atoms with Gasteiger partial charge in [0.05, 0.1) is 0 Å². The van der Waals surface area contributed by atoms with Gasteiger partial charge in [-0.15, -0.1) is 0 Å². The first-order valence-corrected chi connectivity index (χ1v) is 20.5. The number of aromatic hydroxyl groups is 1. The van der Waals surface area contributed by atoms with Gasteiger partial charge in [0, 0.05) is 0 Å². The van der Waals surface area contributed by atoms with Crippen LogP contribution >= 0.6 is 0 Å². The Labute approximate surface area is 351 Å². The topological polar surface area (TPSA) is 38.0 Å². The van der Waals surface area contributed by atoms with Crippen molar-refractivity contribution in [2.24, 2.45) is 0 Å². The summed E-state index contributed by atoms with van der Waals surface area (Å²) in [6.07, 6.45) is 0. The molecule has 1 heterocycles. The number of hydrogen-bond acceptors (Lipinski definition) is 2. The van der Waals surface area contributed by atoms with Gasteiger partial charge in [-0.25, -0.2) is 0 Å². The molecular formula is C43H40B12N2O. The molecule has 0 atom stereocenters. The van der Waals surface area contributed by atoms with Gasteiger partial charge in [-0.1, -0.05) is 0 Å². The molecule has 3 nitrogen and oxygen atoms in total. The van der Waals surface area contributed by atoms with Crippen LogP contribution in [0.4, 0.5) is 0 Å². The number of rotatable bonds is 4. The van der Waals surface area contributed by atoms with Gasteiger partial charge < -0.3 is 0 Å². The van der Waals surface area contributed by atoms with Crippen molar-refractivity contribution in [3.8, 4) is 56.2 Å². The van der Waals surface area contributed by atoms with Crippen LogP contribution in [-0.4, -0.2) is 108 Å². The molecule has 0 spiro atoms. The molecule has 0 unspecified atom stereocenters. The van der Waals surface area contributed by atoms with Gasteiger partial charge in [-0.05, 0) is 0 Å². The third kappa shape index (κ3) is 5.17. The van der Waals surface area contributed by atoms with E-state index in [9.17, 15) is 5.11 Å². The van der Waals surface area contributed by atoms with Crippen LogP contribution in [0.2, 0.25) is 0 Å². The second-order valence-electron chi connectivity index (χ2n) is 17.0. The summed E-state index contributed by atoms with van der Waals surface area (Å²) in [4.78, 5) is 5.53. The van der Waals surface area contributed by atoms with Crippen molar-refractivity contribution < 1.29 is 5.11 Å². The molecule has 0 aliphatic heterocycles. The molecule has 1 N–H and O–H groups in total. The van der Waals surface area contributed by atoms with E-state index in [1.165, 1.54) is 71.3 Å². The minimum absolute atomic E-state index is 0.327. The van der Waals surface area contributed by atoms with Crippen molar-refractivity contribution in [2.75, 3.05) is 0 Å². The van der Waals surface area contributed by atoms with Crippen molar-refractivity contribution in [2.45, 2.75) is 6.92 Å². The van der Waals surface area contributed by atoms with Crippen LogP contribution < -0.4 is 48.9 Å². The predicted molar refractivity (Wildman–Crippen MR) is 286 cm³/mol. The number of allylic oxidation sites excluding steroid dienone is 2. The summed E-state index contributed by atoms with van der Waals surface area (Å²) in [6.45, 7) is 2.19. The van der Waals surface area contributed by atoms with Crippen LogP contribution in [0.25, 0.3) is 88.5 Å². The predicted octanol–water partition coefficient (Wildman–Crippen LogP) is -7.52. The fourth-order valence-corrected chi connectivity index (χ4v) is 10.1. The van der Waals surface area contributed by atoms with E-state index >= 15 is 0 Å². The van der Waals surface area contributed by atoms with Gasteiger partial charge in [0.2, 0.25) is 0 Å². The minimum atomic E-state index is 0.327. The first kappa shape index (κ1) is 38.2. The number of phenolic OH excluding ortho intramolecular Hbond substituents is 1. The Balaban J connectivity index is 1.58. The zero-order valence-corrected chi connectivity index (χ0v) is 36.1. The Morgan fingerprint density at radius 3 is 1.79 bits per heavy atom. The van der Waals surface area contributed by atoms with Crippen molar-refractivity contribution in [1.29, 1.82) is 0 Å². The maximum absolute atomic E-state index is 12.2. The van der Waals surface area contributed by atoms with E-state index < -0.39 is 0 Å². The molecule has 0 saturated carbocycles. The molecule has 0 bridgehead atoms. The van der Waals surface area contributed by atoms with E-state index in [1.807, 2.05) is 0 Å². The van der Waals surface area contributed by atoms with E-state index in [0.29, 0.717) is 5.75 Å². The summed E-state index contributed by atoms with van der Waals surface area (Å²) in [5, 5.41) is 18.8. The van der Waals surface area contributed by atoms with Crippen molar-refractivity contribution in [1.82, 2.24) is 9.55 Å². The summed E-state index contributed by atoms with van der Waals surface area (Å²) in [7, 11) is 29.3. The fourth-order valence-electron chi connectivity index (χ4n) is 10.1. The van der Waals surface area contributed by atoms with Crippen LogP contribution in [0.3, 0.4) is 0 Å². The van der Waals surface area contributed by atoms with E-state index in [0.717, 1.165) is 82.2 Å². The number of nitrogens with zero attached hydrogens (tertiary/aromatic N) is 2. The van der Waals surface area contributed by atoms with Gasteiger partial charge >= 0.3 is 353 Å². The van der Waals surface area contributed by atoms with Crippen LogP contribution in [-0.2, 0) is 0 Å². The Morgan fingerprint density at radius 2 is 1.14 bits per heavy atom. The summed E-state index contributed by atoms with van der Waals surface area (Å²) < 4.78 is 2.40. The van der Waals surface area contributed by atoms with Crippen LogP contribution in [0.5, 0.6) is 5.75 Å². The van der Waals surface area contributed by atoms with Crippen LogP contribution in [0, 0.1) is 5.11 Å². The molecule has 15 heteroatoms. The summed E-state index contributed by atoms with van der Waals surface area (Å²) in [6, 6.07) is 28.6. The molecule has 9 rings (SSSR count). The quantitative estimate of drug-likeness (QED) is 0.183. The number of hydrogen-bond donors (Lipinski definition) is 1. The Bertz CT molecular complexity index is 3290. The van der Waals surface area contributed by atoms with Gasteiger partial charge in [0.25, 0.3) is 0 Å². The number of para-hydroxylation sites is 2. The summed E-state index contributed by atoms with van der Waals surface area (Å²) in [5.74, 6) is 1.23. The van der Waals surface area contributed by atoms with Crippen LogP contribution in [0.15, 0.2) is 89.8 Å². The maximum atomic E-state index is 12.2. The first-order chi connectivity index (χ1) is 27.7. The molecule has 58 heavy (non-hydrogen) atoms. The first-order valence-electron chi connectivity index (χ1n) is 20.5. The standard InChI is InChI=1S/C43H40B12N2O/c1-15(44)30(45)33(48)28-31(46)25(21-14-13-20-17-8-3-2-7-16(17)18-9-6-10-19(21)24(18)20)26-27(36(51)42(58)40(55)32(26)47)41(28)57-23-12-5-4-11-22(23)56-43(57)29-34(49)37(52)39(54)38(53)35(29)50/h2-14,46,58H,44-45,47-55H2,1H3/b30-15-,33-28-. The molecule has 0 amide bonds. The third-order valence-corrected chi connectivity index (χ3v) is 14.1. The third-order valence-electron chi connectivity index (χ3n) is 14.1. The SMILES string of the molecule is B=c1c(-c2ccc3c4c(cccc24)-c2ccccc2-3)c2c(B)c(B)c(O)c(B)c2c(-n2c(-c3c(B)c(B)c(B)c(B)c3B)nc3ccccc32)/c1=C(B)/C(B)=C(/B)C. The molecule has 1 aliphatic rings. The van der Waals surface area contributed by atoms with E-state index in [4.69, 9.17) is 12.5 Å². The number of aromatic nitrogens is 2. The molecule has 8 aromatic rings. The molecule has 0 fully saturated rings. The number of imidazole rings is 1. The normalized spacial score (nSPS) is 13.0. The zero-order valence-electron chi connectivity index (χ0n) is 36.1. The number of benzene rings is 7. The van der Waals surface area contributed by atoms with Gasteiger partial charge in [0.1, 0.15) is 0 Å². The fraction of sp³-hybridized carbons (Fsp3) is 0.0233. The van der Waals surface area contributed by atoms with Crippen molar-refractivity contribution in [3.63, 3.8) is 0 Å². The molecule has 7 aromatic carbocycles. The molecule has 1 aliphatic carbocycles. The van der Waals surface area contributed by atoms with E-state index in [-0.39, 0.29) is 0 Å². The average Bonchev–Trinajstić information content (AvgIpc) is 3.76. The Morgan fingerprint density at radius 1 is 0.569 bits per heavy atom. The Hall–Kier alpha value is -5.28. The van der Waals surface area contributed by atoms with Crippen molar-refractivity contribution in [3.05, 3.63) is 100 Å². The monoisotopic (exact) mass is 732 g/mol. The molecular weight excluding hydrogens is 690 g/mol. The molecule has 1 aromatic heterocycles. The number of fused-ring (bicyclic) bond motifs is 5. The van der Waals surface area contributed by atoms with Gasteiger partial charge in [0.15, 0.2) is 0 Å². The van der Waals surface area contributed by atoms with E-state index in [1.54, 1.807) is 0 Å². The molecule has 0 radical (unpaired) electrons. The van der Waals surface area contributed by atoms with Crippen molar-refractivity contribution >= 4 is 176 Å².